The zero-order valence-corrected chi connectivity index (χ0v) is 20.6. The maximum atomic E-state index is 13.6. The smallest absolute Gasteiger partial charge is 0.253 e. The summed E-state index contributed by atoms with van der Waals surface area (Å²) in [6, 6.07) is 14.4. The number of benzene rings is 2. The monoisotopic (exact) mass is 456 g/mol. The summed E-state index contributed by atoms with van der Waals surface area (Å²) in [7, 11) is 0. The number of pyridine rings is 1. The molecule has 0 amide bonds. The fraction of sp³-hybridized carbons (Fsp3) is 0.407. The Balaban J connectivity index is 1.71. The lowest BCUT2D eigenvalue weighted by Gasteiger charge is -2.36. The molecular weight excluding hydrogens is 424 g/mol. The third kappa shape index (κ3) is 3.84. The van der Waals surface area contributed by atoms with E-state index in [2.05, 4.69) is 89.5 Å². The SMILES string of the molecule is CCC(C)(C)n1nnnc1C(c1cc2cc(C)cc(C)c2[nH]c1=O)N1CCc2ccccc2C1. The first-order chi connectivity index (χ1) is 16.3. The molecule has 1 atom stereocenters. The molecule has 1 N–H and O–H groups in total. The van der Waals surface area contributed by atoms with Crippen LogP contribution in [0.2, 0.25) is 0 Å². The molecule has 0 saturated carbocycles. The number of aromatic nitrogens is 5. The average Bonchev–Trinajstić information content (AvgIpc) is 3.30. The highest BCUT2D eigenvalue weighted by Gasteiger charge is 2.35. The minimum Gasteiger partial charge on any atom is -0.321 e. The van der Waals surface area contributed by atoms with Crippen LogP contribution in [0, 0.1) is 13.8 Å². The van der Waals surface area contributed by atoms with Crippen LogP contribution < -0.4 is 5.56 Å². The van der Waals surface area contributed by atoms with Gasteiger partial charge in [0.05, 0.1) is 11.1 Å². The molecule has 1 aliphatic heterocycles. The average molecular weight is 457 g/mol. The Morgan fingerprint density at radius 3 is 2.65 bits per heavy atom. The van der Waals surface area contributed by atoms with Gasteiger partial charge in [-0.05, 0) is 85.2 Å². The van der Waals surface area contributed by atoms with Crippen LogP contribution >= 0.6 is 0 Å². The molecule has 4 aromatic rings. The van der Waals surface area contributed by atoms with E-state index in [1.54, 1.807) is 0 Å². The second kappa shape index (κ2) is 8.47. The van der Waals surface area contributed by atoms with Gasteiger partial charge in [-0.1, -0.05) is 42.8 Å². The number of nitrogens with one attached hydrogen (secondary N) is 1. The number of H-pyrrole nitrogens is 1. The summed E-state index contributed by atoms with van der Waals surface area (Å²) in [5.41, 5.74) is 6.09. The molecule has 7 heteroatoms. The third-order valence-corrected chi connectivity index (χ3v) is 7.32. The molecule has 0 radical (unpaired) electrons. The standard InChI is InChI=1S/C27H32N6O/c1-6-27(4,5)33-25(29-30-31-33)24(32-12-11-19-9-7-8-10-20(19)16-32)22-15-21-14-17(2)13-18(3)23(21)28-26(22)34/h7-10,13-15,24H,6,11-12,16H2,1-5H3,(H,28,34). The van der Waals surface area contributed by atoms with Crippen LogP contribution in [0.4, 0.5) is 0 Å². The van der Waals surface area contributed by atoms with Crippen LogP contribution in [-0.2, 0) is 18.5 Å². The summed E-state index contributed by atoms with van der Waals surface area (Å²) in [6.07, 6.45) is 1.79. The van der Waals surface area contributed by atoms with Crippen LogP contribution in [0.15, 0.2) is 47.3 Å². The van der Waals surface area contributed by atoms with E-state index >= 15 is 0 Å². The van der Waals surface area contributed by atoms with Gasteiger partial charge in [-0.25, -0.2) is 4.68 Å². The number of aryl methyl sites for hydroxylation is 2. The first-order valence-corrected chi connectivity index (χ1v) is 12.0. The Morgan fingerprint density at radius 1 is 1.12 bits per heavy atom. The number of aromatic amines is 1. The van der Waals surface area contributed by atoms with Crippen molar-refractivity contribution in [3.63, 3.8) is 0 Å². The first kappa shape index (κ1) is 22.5. The molecule has 0 fully saturated rings. The van der Waals surface area contributed by atoms with Gasteiger partial charge >= 0.3 is 0 Å². The minimum absolute atomic E-state index is 0.0906. The molecule has 5 rings (SSSR count). The predicted molar refractivity (Wildman–Crippen MR) is 134 cm³/mol. The van der Waals surface area contributed by atoms with E-state index in [0.717, 1.165) is 42.4 Å². The van der Waals surface area contributed by atoms with Crippen LogP contribution in [0.1, 0.15) is 66.9 Å². The lowest BCUT2D eigenvalue weighted by Crippen LogP contribution is -2.40. The quantitative estimate of drug-likeness (QED) is 0.481. The predicted octanol–water partition coefficient (Wildman–Crippen LogP) is 4.42. The maximum Gasteiger partial charge on any atom is 0.253 e. The number of rotatable bonds is 5. The molecule has 34 heavy (non-hydrogen) atoms. The fourth-order valence-corrected chi connectivity index (χ4v) is 5.09. The van der Waals surface area contributed by atoms with Crippen molar-refractivity contribution in [3.8, 4) is 0 Å². The Morgan fingerprint density at radius 2 is 1.88 bits per heavy atom. The highest BCUT2D eigenvalue weighted by atomic mass is 16.1. The normalized spacial score (nSPS) is 15.4. The second-order valence-corrected chi connectivity index (χ2v) is 10.1. The summed E-state index contributed by atoms with van der Waals surface area (Å²) >= 11 is 0. The molecule has 2 aromatic carbocycles. The largest absolute Gasteiger partial charge is 0.321 e. The van der Waals surface area contributed by atoms with E-state index < -0.39 is 0 Å². The Bertz CT molecular complexity index is 1420. The number of hydrogen-bond donors (Lipinski definition) is 1. The van der Waals surface area contributed by atoms with Crippen LogP contribution in [-0.4, -0.2) is 36.6 Å². The fourth-order valence-electron chi connectivity index (χ4n) is 5.09. The molecule has 176 valence electrons. The van der Waals surface area contributed by atoms with E-state index in [1.807, 2.05) is 17.7 Å². The van der Waals surface area contributed by atoms with Gasteiger partial charge in [0.1, 0.15) is 6.04 Å². The Labute approximate surface area is 199 Å². The molecular formula is C27H32N6O. The van der Waals surface area contributed by atoms with Crippen molar-refractivity contribution in [2.75, 3.05) is 6.54 Å². The van der Waals surface area contributed by atoms with Crippen molar-refractivity contribution in [2.45, 2.75) is 65.6 Å². The van der Waals surface area contributed by atoms with Crippen molar-refractivity contribution in [3.05, 3.63) is 86.5 Å². The van der Waals surface area contributed by atoms with Gasteiger partial charge in [-0.3, -0.25) is 9.69 Å². The summed E-state index contributed by atoms with van der Waals surface area (Å²) in [5, 5.41) is 14.0. The van der Waals surface area contributed by atoms with Gasteiger partial charge in [-0.2, -0.15) is 0 Å². The second-order valence-electron chi connectivity index (χ2n) is 10.1. The van der Waals surface area contributed by atoms with E-state index in [4.69, 9.17) is 0 Å². The van der Waals surface area contributed by atoms with Crippen molar-refractivity contribution >= 4 is 10.9 Å². The van der Waals surface area contributed by atoms with E-state index in [1.165, 1.54) is 16.7 Å². The summed E-state index contributed by atoms with van der Waals surface area (Å²) < 4.78 is 1.91. The van der Waals surface area contributed by atoms with Gasteiger partial charge in [0.25, 0.3) is 5.56 Å². The molecule has 1 aliphatic rings. The van der Waals surface area contributed by atoms with Crippen molar-refractivity contribution in [1.29, 1.82) is 0 Å². The van der Waals surface area contributed by atoms with Crippen LogP contribution in [0.25, 0.3) is 10.9 Å². The highest BCUT2D eigenvalue weighted by molar-refractivity contribution is 5.83. The number of tetrazole rings is 1. The molecule has 7 nitrogen and oxygen atoms in total. The van der Waals surface area contributed by atoms with E-state index in [9.17, 15) is 4.79 Å². The van der Waals surface area contributed by atoms with Gasteiger partial charge in [-0.15, -0.1) is 5.10 Å². The van der Waals surface area contributed by atoms with E-state index in [0.29, 0.717) is 11.4 Å². The number of nitrogens with zero attached hydrogens (tertiary/aromatic N) is 5. The molecule has 3 heterocycles. The highest BCUT2D eigenvalue weighted by Crippen LogP contribution is 2.34. The lowest BCUT2D eigenvalue weighted by molar-refractivity contribution is 0.181. The van der Waals surface area contributed by atoms with Gasteiger partial charge in [0, 0.05) is 18.7 Å². The molecule has 0 aliphatic carbocycles. The minimum atomic E-state index is -0.358. The maximum absolute atomic E-state index is 13.6. The topological polar surface area (TPSA) is 79.7 Å². The Hall–Kier alpha value is -3.32. The van der Waals surface area contributed by atoms with Gasteiger partial charge in [0.2, 0.25) is 0 Å². The molecule has 0 saturated heterocycles. The molecule has 0 bridgehead atoms. The molecule has 0 spiro atoms. The third-order valence-electron chi connectivity index (χ3n) is 7.32. The number of fused-ring (bicyclic) bond motifs is 2. The zero-order valence-electron chi connectivity index (χ0n) is 20.6. The number of hydrogen-bond acceptors (Lipinski definition) is 5. The van der Waals surface area contributed by atoms with Gasteiger partial charge < -0.3 is 4.98 Å². The van der Waals surface area contributed by atoms with Crippen LogP contribution in [0.3, 0.4) is 0 Å². The van der Waals surface area contributed by atoms with Crippen molar-refractivity contribution < 1.29 is 0 Å². The molecule has 1 unspecified atom stereocenters. The van der Waals surface area contributed by atoms with E-state index in [-0.39, 0.29) is 17.1 Å². The summed E-state index contributed by atoms with van der Waals surface area (Å²) in [5.74, 6) is 0.709. The van der Waals surface area contributed by atoms with Crippen molar-refractivity contribution in [2.24, 2.45) is 0 Å². The summed E-state index contributed by atoms with van der Waals surface area (Å²) in [6.45, 7) is 12.1. The first-order valence-electron chi connectivity index (χ1n) is 12.0. The van der Waals surface area contributed by atoms with Gasteiger partial charge in [0.15, 0.2) is 5.82 Å². The zero-order chi connectivity index (χ0) is 24.0. The summed E-state index contributed by atoms with van der Waals surface area (Å²) in [4.78, 5) is 19.1. The lowest BCUT2D eigenvalue weighted by atomic mass is 9.94. The van der Waals surface area contributed by atoms with Crippen molar-refractivity contribution in [1.82, 2.24) is 30.1 Å². The Kier molecular flexibility index (Phi) is 5.60. The molecule has 2 aromatic heterocycles. The van der Waals surface area contributed by atoms with Crippen LogP contribution in [0.5, 0.6) is 0 Å².